The third kappa shape index (κ3) is 3.26. The molecule has 0 aliphatic rings. The van der Waals surface area contributed by atoms with E-state index in [2.05, 4.69) is 33.2 Å². The second-order valence-corrected chi connectivity index (χ2v) is 5.61. The Balaban J connectivity index is 2.04. The molecule has 2 aromatic rings. The topological polar surface area (TPSA) is 24.9 Å². The van der Waals surface area contributed by atoms with E-state index in [0.717, 1.165) is 26.5 Å². The molecular weight excluding hydrogens is 303 g/mol. The monoisotopic (exact) mass is 314 g/mol. The van der Waals surface area contributed by atoms with Crippen molar-refractivity contribution in [3.63, 3.8) is 0 Å². The summed E-state index contributed by atoms with van der Waals surface area (Å²) in [6.07, 6.45) is 2.82. The number of aromatic nitrogens is 1. The predicted molar refractivity (Wildman–Crippen MR) is 72.9 cm³/mol. The Morgan fingerprint density at radius 2 is 2.29 bits per heavy atom. The summed E-state index contributed by atoms with van der Waals surface area (Å²) in [5.41, 5.74) is 0.761. The zero-order valence-electron chi connectivity index (χ0n) is 9.34. The van der Waals surface area contributed by atoms with Gasteiger partial charge in [0.1, 0.15) is 5.82 Å². The molecule has 0 spiro atoms. The Kier molecular flexibility index (Phi) is 4.12. The van der Waals surface area contributed by atoms with Gasteiger partial charge in [-0.25, -0.2) is 9.37 Å². The molecule has 2 rings (SSSR count). The number of aryl methyl sites for hydroxylation is 1. The van der Waals surface area contributed by atoms with Crippen molar-refractivity contribution in [2.24, 2.45) is 0 Å². The Hall–Kier alpha value is -0.940. The van der Waals surface area contributed by atoms with Crippen LogP contribution < -0.4 is 5.32 Å². The second-order valence-electron chi connectivity index (χ2n) is 3.55. The van der Waals surface area contributed by atoms with Crippen molar-refractivity contribution in [3.05, 3.63) is 44.6 Å². The molecule has 0 atom stereocenters. The number of rotatable bonds is 4. The second kappa shape index (κ2) is 5.60. The van der Waals surface area contributed by atoms with Crippen molar-refractivity contribution in [1.29, 1.82) is 0 Å². The summed E-state index contributed by atoms with van der Waals surface area (Å²) >= 11 is 5.06. The fourth-order valence-electron chi connectivity index (χ4n) is 1.41. The van der Waals surface area contributed by atoms with Crippen LogP contribution in [0.2, 0.25) is 0 Å². The van der Waals surface area contributed by atoms with Crippen LogP contribution in [0.1, 0.15) is 16.8 Å². The zero-order valence-corrected chi connectivity index (χ0v) is 11.7. The lowest BCUT2D eigenvalue weighted by Gasteiger charge is -2.06. The molecule has 90 valence electrons. The fourth-order valence-corrected chi connectivity index (χ4v) is 2.60. The van der Waals surface area contributed by atoms with Crippen LogP contribution in [0.15, 0.2) is 28.9 Å². The number of halogens is 2. The van der Waals surface area contributed by atoms with Crippen LogP contribution in [0.25, 0.3) is 0 Å². The van der Waals surface area contributed by atoms with Crippen molar-refractivity contribution in [2.75, 3.05) is 5.32 Å². The molecule has 0 amide bonds. The summed E-state index contributed by atoms with van der Waals surface area (Å²) in [5.74, 6) is -0.241. The van der Waals surface area contributed by atoms with Gasteiger partial charge >= 0.3 is 0 Å². The van der Waals surface area contributed by atoms with E-state index in [1.807, 2.05) is 6.20 Å². The highest BCUT2D eigenvalue weighted by atomic mass is 79.9. The quantitative estimate of drug-likeness (QED) is 0.914. The minimum Gasteiger partial charge on any atom is -0.379 e. The molecule has 5 heteroatoms. The average Bonchev–Trinajstić information content (AvgIpc) is 2.78. The van der Waals surface area contributed by atoms with Crippen LogP contribution in [-0.4, -0.2) is 4.98 Å². The van der Waals surface area contributed by atoms with Gasteiger partial charge in [0.25, 0.3) is 0 Å². The Labute approximate surface area is 112 Å². The van der Waals surface area contributed by atoms with Crippen LogP contribution in [0.5, 0.6) is 0 Å². The SMILES string of the molecule is CCc1ncc(CNc2cc(F)ccc2Br)s1. The van der Waals surface area contributed by atoms with E-state index in [4.69, 9.17) is 0 Å². The van der Waals surface area contributed by atoms with E-state index >= 15 is 0 Å². The maximum absolute atomic E-state index is 13.1. The number of benzene rings is 1. The van der Waals surface area contributed by atoms with Crippen LogP contribution >= 0.6 is 27.3 Å². The van der Waals surface area contributed by atoms with Crippen molar-refractivity contribution in [1.82, 2.24) is 4.98 Å². The maximum Gasteiger partial charge on any atom is 0.125 e. The van der Waals surface area contributed by atoms with E-state index in [1.165, 1.54) is 12.1 Å². The molecule has 0 unspecified atom stereocenters. The van der Waals surface area contributed by atoms with Gasteiger partial charge in [-0.2, -0.15) is 0 Å². The van der Waals surface area contributed by atoms with Gasteiger partial charge in [-0.1, -0.05) is 6.92 Å². The standard InChI is InChI=1S/C12H12BrFN2S/c1-2-12-16-7-9(17-12)6-15-11-5-8(14)3-4-10(11)13/h3-5,7,15H,2,6H2,1H3. The highest BCUT2D eigenvalue weighted by Gasteiger charge is 2.03. The van der Waals surface area contributed by atoms with Crippen molar-refractivity contribution < 1.29 is 4.39 Å². The molecule has 1 N–H and O–H groups in total. The lowest BCUT2D eigenvalue weighted by atomic mass is 10.3. The summed E-state index contributed by atoms with van der Waals surface area (Å²) in [7, 11) is 0. The summed E-state index contributed by atoms with van der Waals surface area (Å²) in [6.45, 7) is 2.75. The molecule has 0 fully saturated rings. The Morgan fingerprint density at radius 1 is 1.47 bits per heavy atom. The average molecular weight is 315 g/mol. The minimum absolute atomic E-state index is 0.241. The van der Waals surface area contributed by atoms with E-state index in [0.29, 0.717) is 6.54 Å². The molecule has 0 aliphatic carbocycles. The first-order valence-corrected chi connectivity index (χ1v) is 6.92. The van der Waals surface area contributed by atoms with E-state index in [1.54, 1.807) is 17.4 Å². The number of hydrogen-bond donors (Lipinski definition) is 1. The molecular formula is C12H12BrFN2S. The third-order valence-electron chi connectivity index (χ3n) is 2.29. The van der Waals surface area contributed by atoms with Crippen molar-refractivity contribution in [2.45, 2.75) is 19.9 Å². The fraction of sp³-hybridized carbons (Fsp3) is 0.250. The van der Waals surface area contributed by atoms with Gasteiger partial charge in [-0.15, -0.1) is 11.3 Å². The molecule has 17 heavy (non-hydrogen) atoms. The lowest BCUT2D eigenvalue weighted by molar-refractivity contribution is 0.628. The summed E-state index contributed by atoms with van der Waals surface area (Å²) < 4.78 is 13.9. The largest absolute Gasteiger partial charge is 0.379 e. The van der Waals surface area contributed by atoms with Crippen LogP contribution in [0.4, 0.5) is 10.1 Å². The highest BCUT2D eigenvalue weighted by Crippen LogP contribution is 2.24. The van der Waals surface area contributed by atoms with Gasteiger partial charge < -0.3 is 5.32 Å². The predicted octanol–water partition coefficient (Wildman–Crippen LogP) is 4.22. The molecule has 0 saturated carbocycles. The van der Waals surface area contributed by atoms with Crippen LogP contribution in [0, 0.1) is 5.82 Å². The van der Waals surface area contributed by atoms with E-state index < -0.39 is 0 Å². The Morgan fingerprint density at radius 3 is 3.00 bits per heavy atom. The van der Waals surface area contributed by atoms with Gasteiger partial charge in [0, 0.05) is 15.5 Å². The molecule has 2 nitrogen and oxygen atoms in total. The van der Waals surface area contributed by atoms with Gasteiger partial charge in [0.2, 0.25) is 0 Å². The molecule has 0 aliphatic heterocycles. The van der Waals surface area contributed by atoms with Crippen molar-refractivity contribution in [3.8, 4) is 0 Å². The van der Waals surface area contributed by atoms with Crippen LogP contribution in [-0.2, 0) is 13.0 Å². The molecule has 0 saturated heterocycles. The number of nitrogens with one attached hydrogen (secondary N) is 1. The van der Waals surface area contributed by atoms with E-state index in [9.17, 15) is 4.39 Å². The Bertz CT molecular complexity index is 513. The molecule has 1 aromatic carbocycles. The normalized spacial score (nSPS) is 10.5. The summed E-state index contributed by atoms with van der Waals surface area (Å²) in [6, 6.07) is 4.60. The minimum atomic E-state index is -0.241. The molecule has 1 heterocycles. The smallest absolute Gasteiger partial charge is 0.125 e. The lowest BCUT2D eigenvalue weighted by Crippen LogP contribution is -1.98. The van der Waals surface area contributed by atoms with Gasteiger partial charge in [-0.3, -0.25) is 0 Å². The molecule has 0 radical (unpaired) electrons. The maximum atomic E-state index is 13.1. The molecule has 0 bridgehead atoms. The van der Waals surface area contributed by atoms with Crippen molar-refractivity contribution >= 4 is 33.0 Å². The summed E-state index contributed by atoms with van der Waals surface area (Å²) in [4.78, 5) is 5.43. The van der Waals surface area contributed by atoms with Gasteiger partial charge in [0.15, 0.2) is 0 Å². The van der Waals surface area contributed by atoms with Crippen LogP contribution in [0.3, 0.4) is 0 Å². The third-order valence-corrected chi connectivity index (χ3v) is 4.12. The first-order chi connectivity index (χ1) is 8.19. The molecule has 1 aromatic heterocycles. The summed E-state index contributed by atoms with van der Waals surface area (Å²) in [5, 5.41) is 4.32. The number of hydrogen-bond acceptors (Lipinski definition) is 3. The van der Waals surface area contributed by atoms with Gasteiger partial charge in [0.05, 0.1) is 17.2 Å². The first-order valence-electron chi connectivity index (χ1n) is 5.31. The van der Waals surface area contributed by atoms with E-state index in [-0.39, 0.29) is 5.82 Å². The van der Waals surface area contributed by atoms with Gasteiger partial charge in [-0.05, 0) is 40.5 Å². The number of thiazole rings is 1. The first kappa shape index (κ1) is 12.5. The number of anilines is 1. The highest BCUT2D eigenvalue weighted by molar-refractivity contribution is 9.10. The zero-order chi connectivity index (χ0) is 12.3. The number of nitrogens with zero attached hydrogens (tertiary/aromatic N) is 1.